The van der Waals surface area contributed by atoms with Gasteiger partial charge in [-0.05, 0) is 31.7 Å². The first-order chi connectivity index (χ1) is 7.81. The van der Waals surface area contributed by atoms with Crippen molar-refractivity contribution in [3.63, 3.8) is 0 Å². The molecule has 2 rings (SSSR count). The van der Waals surface area contributed by atoms with Gasteiger partial charge in [-0.25, -0.2) is 0 Å². The van der Waals surface area contributed by atoms with Crippen molar-refractivity contribution in [1.29, 1.82) is 0 Å². The fraction of sp³-hybridized carbons (Fsp3) is 0.833. The lowest BCUT2D eigenvalue weighted by Crippen LogP contribution is -2.26. The van der Waals surface area contributed by atoms with Gasteiger partial charge in [0, 0.05) is 13.0 Å². The van der Waals surface area contributed by atoms with E-state index in [1.54, 1.807) is 0 Å². The van der Waals surface area contributed by atoms with E-state index in [1.165, 1.54) is 25.8 Å². The van der Waals surface area contributed by atoms with Crippen LogP contribution in [-0.4, -0.2) is 28.1 Å². The second-order valence-electron chi connectivity index (χ2n) is 4.64. The summed E-state index contributed by atoms with van der Waals surface area (Å²) in [6.07, 6.45) is 4.82. The summed E-state index contributed by atoms with van der Waals surface area (Å²) in [5.74, 6) is 2.50. The van der Waals surface area contributed by atoms with Crippen LogP contribution < -0.4 is 0 Å². The maximum absolute atomic E-state index is 5.23. The summed E-state index contributed by atoms with van der Waals surface area (Å²) in [4.78, 5) is 6.79. The molecule has 16 heavy (non-hydrogen) atoms. The van der Waals surface area contributed by atoms with Crippen molar-refractivity contribution in [2.45, 2.75) is 46.1 Å². The molecule has 4 heteroatoms. The van der Waals surface area contributed by atoms with Gasteiger partial charge in [-0.3, -0.25) is 4.90 Å². The van der Waals surface area contributed by atoms with Crippen LogP contribution >= 0.6 is 0 Å². The van der Waals surface area contributed by atoms with E-state index in [4.69, 9.17) is 4.52 Å². The van der Waals surface area contributed by atoms with Crippen LogP contribution in [0.3, 0.4) is 0 Å². The Hall–Kier alpha value is -0.900. The van der Waals surface area contributed by atoms with E-state index in [0.29, 0.717) is 0 Å². The van der Waals surface area contributed by atoms with Gasteiger partial charge in [0.15, 0.2) is 5.82 Å². The molecule has 0 amide bonds. The van der Waals surface area contributed by atoms with Gasteiger partial charge >= 0.3 is 0 Å². The molecule has 0 N–H and O–H groups in total. The average Bonchev–Trinajstić information content (AvgIpc) is 2.96. The van der Waals surface area contributed by atoms with Gasteiger partial charge in [0.2, 0.25) is 5.89 Å². The molecule has 1 fully saturated rings. The minimum Gasteiger partial charge on any atom is -0.338 e. The van der Waals surface area contributed by atoms with E-state index < -0.39 is 0 Å². The molecule has 1 heterocycles. The molecular formula is C12H21N3O. The van der Waals surface area contributed by atoms with Crippen LogP contribution in [0, 0.1) is 5.92 Å². The van der Waals surface area contributed by atoms with Crippen LogP contribution in [-0.2, 0) is 13.0 Å². The maximum Gasteiger partial charge on any atom is 0.240 e. The normalized spacial score (nSPS) is 15.9. The van der Waals surface area contributed by atoms with Crippen molar-refractivity contribution in [2.75, 3.05) is 13.1 Å². The number of aryl methyl sites for hydroxylation is 1. The number of aromatic nitrogens is 2. The predicted molar refractivity (Wildman–Crippen MR) is 62.0 cm³/mol. The first-order valence-electron chi connectivity index (χ1n) is 6.35. The van der Waals surface area contributed by atoms with Crippen molar-refractivity contribution in [3.05, 3.63) is 11.7 Å². The van der Waals surface area contributed by atoms with E-state index in [-0.39, 0.29) is 0 Å². The summed E-state index contributed by atoms with van der Waals surface area (Å²) in [5.41, 5.74) is 0. The summed E-state index contributed by atoms with van der Waals surface area (Å²) >= 11 is 0. The van der Waals surface area contributed by atoms with Gasteiger partial charge in [0.25, 0.3) is 0 Å². The highest BCUT2D eigenvalue weighted by Crippen LogP contribution is 2.30. The molecule has 0 atom stereocenters. The molecule has 0 saturated heterocycles. The van der Waals surface area contributed by atoms with Crippen molar-refractivity contribution < 1.29 is 4.52 Å². The second-order valence-corrected chi connectivity index (χ2v) is 4.64. The van der Waals surface area contributed by atoms with Gasteiger partial charge in [0.1, 0.15) is 0 Å². The largest absolute Gasteiger partial charge is 0.338 e. The Balaban J connectivity index is 1.87. The van der Waals surface area contributed by atoms with Crippen LogP contribution in [0.25, 0.3) is 0 Å². The molecule has 0 bridgehead atoms. The van der Waals surface area contributed by atoms with Crippen molar-refractivity contribution >= 4 is 0 Å². The lowest BCUT2D eigenvalue weighted by Gasteiger charge is -2.18. The molecule has 0 aliphatic heterocycles. The van der Waals surface area contributed by atoms with Crippen molar-refractivity contribution in [2.24, 2.45) is 5.92 Å². The zero-order valence-electron chi connectivity index (χ0n) is 10.3. The molecule has 90 valence electrons. The van der Waals surface area contributed by atoms with Gasteiger partial charge in [0.05, 0.1) is 6.54 Å². The Bertz CT molecular complexity index is 320. The molecule has 1 aliphatic rings. The van der Waals surface area contributed by atoms with Crippen LogP contribution in [0.1, 0.15) is 44.8 Å². The van der Waals surface area contributed by atoms with Gasteiger partial charge in [-0.2, -0.15) is 4.98 Å². The standard InChI is InChI=1S/C12H21N3O/c1-3-7-15(8-10-5-6-10)9-12-13-11(4-2)14-16-12/h10H,3-9H2,1-2H3. The molecule has 1 aliphatic carbocycles. The summed E-state index contributed by atoms with van der Waals surface area (Å²) in [6.45, 7) is 7.39. The Labute approximate surface area is 97.0 Å². The minimum atomic E-state index is 0.769. The highest BCUT2D eigenvalue weighted by molar-refractivity contribution is 4.86. The number of nitrogens with zero attached hydrogens (tertiary/aromatic N) is 3. The summed E-state index contributed by atoms with van der Waals surface area (Å²) in [6, 6.07) is 0. The lowest BCUT2D eigenvalue weighted by atomic mass is 10.3. The Morgan fingerprint density at radius 3 is 2.75 bits per heavy atom. The van der Waals surface area contributed by atoms with Crippen LogP contribution in [0.2, 0.25) is 0 Å². The van der Waals surface area contributed by atoms with Crippen LogP contribution in [0.15, 0.2) is 4.52 Å². The predicted octanol–water partition coefficient (Wildman–Crippen LogP) is 2.25. The van der Waals surface area contributed by atoms with Crippen LogP contribution in [0.4, 0.5) is 0 Å². The molecule has 1 aromatic rings. The zero-order chi connectivity index (χ0) is 11.4. The average molecular weight is 223 g/mol. The molecule has 1 saturated carbocycles. The Kier molecular flexibility index (Phi) is 3.93. The Morgan fingerprint density at radius 1 is 1.38 bits per heavy atom. The third-order valence-corrected chi connectivity index (χ3v) is 2.94. The fourth-order valence-electron chi connectivity index (χ4n) is 1.91. The minimum absolute atomic E-state index is 0.769. The summed E-state index contributed by atoms with van der Waals surface area (Å²) in [5, 5.41) is 3.93. The zero-order valence-corrected chi connectivity index (χ0v) is 10.3. The molecule has 0 aromatic carbocycles. The monoisotopic (exact) mass is 223 g/mol. The molecule has 0 unspecified atom stereocenters. The Morgan fingerprint density at radius 2 is 2.19 bits per heavy atom. The molecule has 0 spiro atoms. The van der Waals surface area contributed by atoms with E-state index in [2.05, 4.69) is 22.0 Å². The molecule has 4 nitrogen and oxygen atoms in total. The third-order valence-electron chi connectivity index (χ3n) is 2.94. The quantitative estimate of drug-likeness (QED) is 0.711. The molecule has 1 aromatic heterocycles. The summed E-state index contributed by atoms with van der Waals surface area (Å²) in [7, 11) is 0. The smallest absolute Gasteiger partial charge is 0.240 e. The maximum atomic E-state index is 5.23. The van der Waals surface area contributed by atoms with Crippen molar-refractivity contribution in [1.82, 2.24) is 15.0 Å². The van der Waals surface area contributed by atoms with Gasteiger partial charge in [-0.15, -0.1) is 0 Å². The number of rotatable bonds is 7. The fourth-order valence-corrected chi connectivity index (χ4v) is 1.91. The molecule has 0 radical (unpaired) electrons. The SMILES string of the molecule is CCCN(Cc1nc(CC)no1)CC1CC1. The number of hydrogen-bond donors (Lipinski definition) is 0. The second kappa shape index (κ2) is 5.43. The third kappa shape index (κ3) is 3.30. The number of hydrogen-bond acceptors (Lipinski definition) is 4. The van der Waals surface area contributed by atoms with E-state index in [0.717, 1.165) is 37.1 Å². The summed E-state index contributed by atoms with van der Waals surface area (Å²) < 4.78 is 5.23. The first-order valence-corrected chi connectivity index (χ1v) is 6.35. The van der Waals surface area contributed by atoms with Crippen molar-refractivity contribution in [3.8, 4) is 0 Å². The topological polar surface area (TPSA) is 42.2 Å². The van der Waals surface area contributed by atoms with E-state index in [9.17, 15) is 0 Å². The molecular weight excluding hydrogens is 202 g/mol. The first kappa shape index (κ1) is 11.6. The highest BCUT2D eigenvalue weighted by atomic mass is 16.5. The highest BCUT2D eigenvalue weighted by Gasteiger charge is 2.24. The lowest BCUT2D eigenvalue weighted by molar-refractivity contribution is 0.218. The van der Waals surface area contributed by atoms with Gasteiger partial charge < -0.3 is 4.52 Å². The van der Waals surface area contributed by atoms with E-state index >= 15 is 0 Å². The van der Waals surface area contributed by atoms with E-state index in [1.807, 2.05) is 6.92 Å². The van der Waals surface area contributed by atoms with Crippen LogP contribution in [0.5, 0.6) is 0 Å². The van der Waals surface area contributed by atoms with Gasteiger partial charge in [-0.1, -0.05) is 19.0 Å².